The van der Waals surface area contributed by atoms with Crippen molar-refractivity contribution in [3.8, 4) is 5.75 Å². The highest BCUT2D eigenvalue weighted by Gasteiger charge is 2.25. The van der Waals surface area contributed by atoms with Gasteiger partial charge in [-0.15, -0.1) is 11.3 Å². The maximum atomic E-state index is 12.9. The molecule has 0 atom stereocenters. The van der Waals surface area contributed by atoms with Gasteiger partial charge in [0, 0.05) is 5.56 Å². The van der Waals surface area contributed by atoms with Gasteiger partial charge in [-0.05, 0) is 49.7 Å². The molecular weight excluding hydrogens is 412 g/mol. The number of anilines is 1. The number of amides is 2. The van der Waals surface area contributed by atoms with Crippen LogP contribution in [0, 0.1) is 0 Å². The smallest absolute Gasteiger partial charge is 0.262 e. The second-order valence-corrected chi connectivity index (χ2v) is 8.61. The van der Waals surface area contributed by atoms with Crippen LogP contribution in [0.3, 0.4) is 0 Å². The minimum atomic E-state index is -0.528. The fourth-order valence-corrected chi connectivity index (χ4v) is 4.16. The molecule has 158 valence electrons. The zero-order chi connectivity index (χ0) is 22.0. The molecule has 0 saturated carbocycles. The predicted molar refractivity (Wildman–Crippen MR) is 122 cm³/mol. The molecule has 7 nitrogen and oxygen atoms in total. The standard InChI is InChI=1S/C23H22N4O3S/c1-23(2,15-7-5-4-6-8-15)25-22(29)18-13-17-19(31-18)20(27-26-17)24-21(28)14-9-11-16(30-3)12-10-14/h4-13H,1-3H3,(H,25,29)(H2,24,26,27,28). The Balaban J connectivity index is 1.51. The molecule has 0 aliphatic carbocycles. The van der Waals surface area contributed by atoms with Crippen LogP contribution in [-0.2, 0) is 5.54 Å². The van der Waals surface area contributed by atoms with Crippen molar-refractivity contribution in [2.24, 2.45) is 0 Å². The fourth-order valence-electron chi connectivity index (χ4n) is 3.21. The second-order valence-electron chi connectivity index (χ2n) is 7.55. The summed E-state index contributed by atoms with van der Waals surface area (Å²) < 4.78 is 5.83. The summed E-state index contributed by atoms with van der Waals surface area (Å²) in [5.74, 6) is 0.588. The number of methoxy groups -OCH3 is 1. The molecule has 0 aliphatic rings. The van der Waals surface area contributed by atoms with Gasteiger partial charge in [0.15, 0.2) is 5.82 Å². The molecule has 0 fully saturated rings. The Labute approximate surface area is 183 Å². The molecule has 0 saturated heterocycles. The number of fused-ring (bicyclic) bond motifs is 1. The molecule has 2 aromatic carbocycles. The van der Waals surface area contributed by atoms with Crippen molar-refractivity contribution < 1.29 is 14.3 Å². The number of ether oxygens (including phenoxy) is 1. The quantitative estimate of drug-likeness (QED) is 0.415. The molecule has 4 aromatic rings. The van der Waals surface area contributed by atoms with Gasteiger partial charge in [-0.1, -0.05) is 30.3 Å². The van der Waals surface area contributed by atoms with Gasteiger partial charge in [-0.25, -0.2) is 0 Å². The number of nitrogens with one attached hydrogen (secondary N) is 3. The largest absolute Gasteiger partial charge is 0.497 e. The van der Waals surface area contributed by atoms with E-state index in [1.54, 1.807) is 37.4 Å². The molecule has 31 heavy (non-hydrogen) atoms. The predicted octanol–water partition coefficient (Wildman–Crippen LogP) is 4.55. The molecule has 8 heteroatoms. The Hall–Kier alpha value is -3.65. The first-order valence-electron chi connectivity index (χ1n) is 9.69. The summed E-state index contributed by atoms with van der Waals surface area (Å²) in [7, 11) is 1.57. The third-order valence-corrected chi connectivity index (χ3v) is 6.11. The van der Waals surface area contributed by atoms with Gasteiger partial charge in [-0.2, -0.15) is 5.10 Å². The van der Waals surface area contributed by atoms with E-state index in [4.69, 9.17) is 4.74 Å². The van der Waals surface area contributed by atoms with Crippen LogP contribution in [0.1, 0.15) is 39.4 Å². The molecular formula is C23H22N4O3S. The zero-order valence-corrected chi connectivity index (χ0v) is 18.2. The average Bonchev–Trinajstić information content (AvgIpc) is 3.36. The number of rotatable bonds is 6. The number of carbonyl (C=O) groups is 2. The number of aromatic nitrogens is 2. The average molecular weight is 435 g/mol. The van der Waals surface area contributed by atoms with E-state index < -0.39 is 5.54 Å². The summed E-state index contributed by atoms with van der Waals surface area (Å²) in [6.07, 6.45) is 0. The van der Waals surface area contributed by atoms with Crippen LogP contribution >= 0.6 is 11.3 Å². The van der Waals surface area contributed by atoms with Gasteiger partial charge >= 0.3 is 0 Å². The molecule has 0 radical (unpaired) electrons. The molecule has 0 spiro atoms. The lowest BCUT2D eigenvalue weighted by molar-refractivity contribution is 0.0915. The second kappa shape index (κ2) is 8.23. The van der Waals surface area contributed by atoms with Gasteiger partial charge in [0.2, 0.25) is 0 Å². The van der Waals surface area contributed by atoms with Crippen molar-refractivity contribution in [1.82, 2.24) is 15.5 Å². The number of nitrogens with zero attached hydrogens (tertiary/aromatic N) is 1. The minimum absolute atomic E-state index is 0.184. The Bertz CT molecular complexity index is 1230. The maximum absolute atomic E-state index is 12.9. The van der Waals surface area contributed by atoms with E-state index in [2.05, 4.69) is 20.8 Å². The number of hydrogen-bond acceptors (Lipinski definition) is 5. The molecule has 0 unspecified atom stereocenters. The van der Waals surface area contributed by atoms with E-state index >= 15 is 0 Å². The first kappa shape index (κ1) is 20.6. The molecule has 0 aliphatic heterocycles. The summed E-state index contributed by atoms with van der Waals surface area (Å²) in [4.78, 5) is 26.0. The van der Waals surface area contributed by atoms with Crippen molar-refractivity contribution >= 4 is 39.2 Å². The summed E-state index contributed by atoms with van der Waals surface area (Å²) in [5.41, 5.74) is 1.66. The van der Waals surface area contributed by atoms with Gasteiger partial charge in [0.05, 0.1) is 27.7 Å². The van der Waals surface area contributed by atoms with Gasteiger partial charge < -0.3 is 15.4 Å². The fraction of sp³-hybridized carbons (Fsp3) is 0.174. The van der Waals surface area contributed by atoms with E-state index in [0.29, 0.717) is 32.2 Å². The third kappa shape index (κ3) is 4.29. The lowest BCUT2D eigenvalue weighted by atomic mass is 9.94. The number of H-pyrrole nitrogens is 1. The summed E-state index contributed by atoms with van der Waals surface area (Å²) >= 11 is 1.28. The Kier molecular flexibility index (Phi) is 5.48. The van der Waals surface area contributed by atoms with Crippen LogP contribution in [0.5, 0.6) is 5.75 Å². The first-order valence-corrected chi connectivity index (χ1v) is 10.5. The summed E-state index contributed by atoms with van der Waals surface area (Å²) in [6, 6.07) is 18.3. The molecule has 2 heterocycles. The Morgan fingerprint density at radius 1 is 1.03 bits per heavy atom. The SMILES string of the molecule is COc1ccc(C(=O)Nc2n[nH]c3cc(C(=O)NC(C)(C)c4ccccc4)sc23)cc1. The number of benzene rings is 2. The maximum Gasteiger partial charge on any atom is 0.262 e. The normalized spacial score (nSPS) is 11.3. The van der Waals surface area contributed by atoms with E-state index in [-0.39, 0.29) is 11.8 Å². The van der Waals surface area contributed by atoms with Crippen LogP contribution < -0.4 is 15.4 Å². The van der Waals surface area contributed by atoms with Gasteiger partial charge in [0.1, 0.15) is 5.75 Å². The van der Waals surface area contributed by atoms with Crippen molar-refractivity contribution in [1.29, 1.82) is 0 Å². The van der Waals surface area contributed by atoms with Crippen molar-refractivity contribution in [3.63, 3.8) is 0 Å². The third-order valence-electron chi connectivity index (χ3n) is 4.96. The highest BCUT2D eigenvalue weighted by Crippen LogP contribution is 2.31. The highest BCUT2D eigenvalue weighted by molar-refractivity contribution is 7.21. The Morgan fingerprint density at radius 2 is 1.74 bits per heavy atom. The summed E-state index contributed by atoms with van der Waals surface area (Å²) in [5, 5.41) is 12.9. The van der Waals surface area contributed by atoms with E-state index in [9.17, 15) is 9.59 Å². The van der Waals surface area contributed by atoms with Crippen LogP contribution in [0.4, 0.5) is 5.82 Å². The van der Waals surface area contributed by atoms with E-state index in [1.165, 1.54) is 11.3 Å². The van der Waals surface area contributed by atoms with Crippen molar-refractivity contribution in [2.45, 2.75) is 19.4 Å². The van der Waals surface area contributed by atoms with E-state index in [1.807, 2.05) is 44.2 Å². The minimum Gasteiger partial charge on any atom is -0.497 e. The zero-order valence-electron chi connectivity index (χ0n) is 17.4. The van der Waals surface area contributed by atoms with Gasteiger partial charge in [0.25, 0.3) is 11.8 Å². The molecule has 0 bridgehead atoms. The Morgan fingerprint density at radius 3 is 2.42 bits per heavy atom. The molecule has 2 aromatic heterocycles. The van der Waals surface area contributed by atoms with Crippen LogP contribution in [0.25, 0.3) is 10.2 Å². The van der Waals surface area contributed by atoms with E-state index in [0.717, 1.165) is 5.56 Å². The summed E-state index contributed by atoms with van der Waals surface area (Å²) in [6.45, 7) is 3.92. The first-order chi connectivity index (χ1) is 14.9. The van der Waals surface area contributed by atoms with Gasteiger partial charge in [-0.3, -0.25) is 14.7 Å². The highest BCUT2D eigenvalue weighted by atomic mass is 32.1. The number of aromatic amines is 1. The monoisotopic (exact) mass is 434 g/mol. The van der Waals surface area contributed by atoms with Crippen LogP contribution in [0.15, 0.2) is 60.7 Å². The van der Waals surface area contributed by atoms with Crippen LogP contribution in [-0.4, -0.2) is 29.1 Å². The lowest BCUT2D eigenvalue weighted by Crippen LogP contribution is -2.40. The van der Waals surface area contributed by atoms with Crippen molar-refractivity contribution in [3.05, 3.63) is 76.7 Å². The lowest BCUT2D eigenvalue weighted by Gasteiger charge is -2.26. The topological polar surface area (TPSA) is 96.1 Å². The van der Waals surface area contributed by atoms with Crippen LogP contribution in [0.2, 0.25) is 0 Å². The number of thiophene rings is 1. The number of hydrogen-bond donors (Lipinski definition) is 3. The number of carbonyl (C=O) groups excluding carboxylic acids is 2. The molecule has 3 N–H and O–H groups in total. The van der Waals surface area contributed by atoms with Crippen molar-refractivity contribution in [2.75, 3.05) is 12.4 Å². The molecule has 2 amide bonds. The molecule has 4 rings (SSSR count).